The molecule has 1 aromatic rings. The third-order valence-electron chi connectivity index (χ3n) is 3.25. The quantitative estimate of drug-likeness (QED) is 0.880. The van der Waals surface area contributed by atoms with Crippen LogP contribution in [0.4, 0.5) is 0 Å². The summed E-state index contributed by atoms with van der Waals surface area (Å²) in [6.07, 6.45) is 0.0263. The summed E-state index contributed by atoms with van der Waals surface area (Å²) in [5.41, 5.74) is 0.686. The number of carboxylic acid groups (broad SMARTS) is 1. The lowest BCUT2D eigenvalue weighted by Crippen LogP contribution is -2.50. The average molecular weight is 263 g/mol. The van der Waals surface area contributed by atoms with Crippen LogP contribution in [0, 0.1) is 0 Å². The number of carboxylic acids is 1. The van der Waals surface area contributed by atoms with Gasteiger partial charge in [-0.25, -0.2) is 4.79 Å². The first-order valence-corrected chi connectivity index (χ1v) is 6.25. The summed E-state index contributed by atoms with van der Waals surface area (Å²) < 4.78 is 5.49. The second-order valence-corrected chi connectivity index (χ2v) is 4.83. The maximum absolute atomic E-state index is 12.4. The molecule has 1 aliphatic heterocycles. The van der Waals surface area contributed by atoms with Gasteiger partial charge in [-0.1, -0.05) is 0 Å². The number of morpholine rings is 1. The number of rotatable bonds is 2. The third kappa shape index (κ3) is 2.93. The minimum Gasteiger partial charge on any atom is -0.478 e. The molecule has 1 heterocycles. The van der Waals surface area contributed by atoms with Crippen LogP contribution in [0.5, 0.6) is 0 Å². The molecule has 1 aliphatic rings. The highest BCUT2D eigenvalue weighted by atomic mass is 16.5. The van der Waals surface area contributed by atoms with Crippen molar-refractivity contribution in [2.75, 3.05) is 13.2 Å². The van der Waals surface area contributed by atoms with E-state index >= 15 is 0 Å². The average Bonchev–Trinajstić information content (AvgIpc) is 2.41. The van der Waals surface area contributed by atoms with E-state index in [9.17, 15) is 9.59 Å². The molecule has 19 heavy (non-hydrogen) atoms. The van der Waals surface area contributed by atoms with Gasteiger partial charge in [-0.2, -0.15) is 0 Å². The molecule has 2 atom stereocenters. The van der Waals surface area contributed by atoms with Gasteiger partial charge in [0, 0.05) is 12.1 Å². The first kappa shape index (κ1) is 13.5. The van der Waals surface area contributed by atoms with E-state index in [1.54, 1.807) is 17.0 Å². The summed E-state index contributed by atoms with van der Waals surface area (Å²) in [5.74, 6) is -1.08. The van der Waals surface area contributed by atoms with Crippen molar-refractivity contribution in [2.45, 2.75) is 26.0 Å². The van der Waals surface area contributed by atoms with Gasteiger partial charge in [0.25, 0.3) is 5.91 Å². The van der Waals surface area contributed by atoms with E-state index in [1.807, 2.05) is 13.8 Å². The van der Waals surface area contributed by atoms with Crippen LogP contribution in [0.2, 0.25) is 0 Å². The zero-order valence-electron chi connectivity index (χ0n) is 11.0. The van der Waals surface area contributed by atoms with E-state index in [4.69, 9.17) is 9.84 Å². The number of hydrogen-bond donors (Lipinski definition) is 1. The van der Waals surface area contributed by atoms with Crippen molar-refractivity contribution in [1.82, 2.24) is 4.90 Å². The Balaban J connectivity index is 2.16. The van der Waals surface area contributed by atoms with Crippen molar-refractivity contribution in [1.29, 1.82) is 0 Å². The number of hydrogen-bond acceptors (Lipinski definition) is 3. The molecule has 1 N–H and O–H groups in total. The molecule has 102 valence electrons. The smallest absolute Gasteiger partial charge is 0.335 e. The second-order valence-electron chi connectivity index (χ2n) is 4.83. The molecule has 0 bridgehead atoms. The van der Waals surface area contributed by atoms with Crippen molar-refractivity contribution in [3.05, 3.63) is 35.4 Å². The van der Waals surface area contributed by atoms with Gasteiger partial charge in [0.1, 0.15) is 0 Å². The Hall–Kier alpha value is -1.88. The van der Waals surface area contributed by atoms with Crippen LogP contribution in [0.25, 0.3) is 0 Å². The van der Waals surface area contributed by atoms with Crippen LogP contribution < -0.4 is 0 Å². The van der Waals surface area contributed by atoms with E-state index in [0.717, 1.165) is 0 Å². The van der Waals surface area contributed by atoms with E-state index < -0.39 is 5.97 Å². The zero-order valence-corrected chi connectivity index (χ0v) is 11.0. The second kappa shape index (κ2) is 5.40. The number of carbonyl (C=O) groups excluding carboxylic acids is 1. The molecule has 0 aromatic heterocycles. The molecule has 1 fully saturated rings. The van der Waals surface area contributed by atoms with Crippen LogP contribution in [0.3, 0.4) is 0 Å². The van der Waals surface area contributed by atoms with Gasteiger partial charge in [-0.15, -0.1) is 0 Å². The Kier molecular flexibility index (Phi) is 3.85. The molecule has 0 radical (unpaired) electrons. The molecule has 5 heteroatoms. The molecule has 0 unspecified atom stereocenters. The van der Waals surface area contributed by atoms with Gasteiger partial charge in [0.2, 0.25) is 0 Å². The predicted octanol–water partition coefficient (Wildman–Crippen LogP) is 1.63. The minimum absolute atomic E-state index is 0.0263. The van der Waals surface area contributed by atoms with Crippen LogP contribution in [-0.4, -0.2) is 47.2 Å². The van der Waals surface area contributed by atoms with Crippen molar-refractivity contribution in [2.24, 2.45) is 0 Å². The monoisotopic (exact) mass is 263 g/mol. The van der Waals surface area contributed by atoms with E-state index in [-0.39, 0.29) is 23.6 Å². The van der Waals surface area contributed by atoms with Gasteiger partial charge in [-0.3, -0.25) is 4.79 Å². The summed E-state index contributed by atoms with van der Waals surface area (Å²) >= 11 is 0. The normalized spacial score (nSPS) is 23.2. The molecule has 0 aliphatic carbocycles. The van der Waals surface area contributed by atoms with E-state index in [0.29, 0.717) is 18.7 Å². The van der Waals surface area contributed by atoms with Crippen molar-refractivity contribution in [3.8, 4) is 0 Å². The van der Waals surface area contributed by atoms with Gasteiger partial charge in [0.05, 0.1) is 24.3 Å². The number of nitrogens with zero attached hydrogens (tertiary/aromatic N) is 1. The lowest BCUT2D eigenvalue weighted by atomic mass is 10.1. The molecule has 1 amide bonds. The highest BCUT2D eigenvalue weighted by molar-refractivity contribution is 5.96. The van der Waals surface area contributed by atoms with Crippen LogP contribution >= 0.6 is 0 Å². The van der Waals surface area contributed by atoms with Gasteiger partial charge < -0.3 is 14.7 Å². The predicted molar refractivity (Wildman–Crippen MR) is 69.3 cm³/mol. The highest BCUT2D eigenvalue weighted by Crippen LogP contribution is 2.16. The molecule has 0 saturated carbocycles. The maximum atomic E-state index is 12.4. The SMILES string of the molecule is C[C@@H]1CO[C@@H](C)CN1C(=O)c1ccc(C(=O)O)cc1. The van der Waals surface area contributed by atoms with Crippen molar-refractivity contribution < 1.29 is 19.4 Å². The summed E-state index contributed by atoms with van der Waals surface area (Å²) in [7, 11) is 0. The molecular weight excluding hydrogens is 246 g/mol. The number of amides is 1. The Labute approximate surface area is 111 Å². The maximum Gasteiger partial charge on any atom is 0.335 e. The van der Waals surface area contributed by atoms with Gasteiger partial charge in [-0.05, 0) is 38.1 Å². The van der Waals surface area contributed by atoms with E-state index in [2.05, 4.69) is 0 Å². The fourth-order valence-electron chi connectivity index (χ4n) is 2.11. The zero-order chi connectivity index (χ0) is 14.0. The van der Waals surface area contributed by atoms with Crippen molar-refractivity contribution in [3.63, 3.8) is 0 Å². The number of benzene rings is 1. The number of carbonyl (C=O) groups is 2. The van der Waals surface area contributed by atoms with Gasteiger partial charge >= 0.3 is 5.97 Å². The highest BCUT2D eigenvalue weighted by Gasteiger charge is 2.28. The van der Waals surface area contributed by atoms with Crippen molar-refractivity contribution >= 4 is 11.9 Å². The Bertz CT molecular complexity index is 483. The topological polar surface area (TPSA) is 66.8 Å². The van der Waals surface area contributed by atoms with Crippen LogP contribution in [0.15, 0.2) is 24.3 Å². The Morgan fingerprint density at radius 2 is 1.79 bits per heavy atom. The molecule has 2 rings (SSSR count). The van der Waals surface area contributed by atoms with Gasteiger partial charge in [0.15, 0.2) is 0 Å². The van der Waals surface area contributed by atoms with E-state index in [1.165, 1.54) is 12.1 Å². The fourth-order valence-corrected chi connectivity index (χ4v) is 2.11. The minimum atomic E-state index is -0.993. The van der Waals surface area contributed by atoms with Crippen LogP contribution in [0.1, 0.15) is 34.6 Å². The first-order chi connectivity index (χ1) is 8.99. The third-order valence-corrected chi connectivity index (χ3v) is 3.25. The summed E-state index contributed by atoms with van der Waals surface area (Å²) in [6, 6.07) is 6.04. The molecule has 0 spiro atoms. The molecular formula is C14H17NO4. The first-order valence-electron chi connectivity index (χ1n) is 6.25. The van der Waals surface area contributed by atoms with Crippen LogP contribution in [-0.2, 0) is 4.74 Å². The Morgan fingerprint density at radius 3 is 2.37 bits per heavy atom. The lowest BCUT2D eigenvalue weighted by molar-refractivity contribution is -0.0387. The largest absolute Gasteiger partial charge is 0.478 e. The molecule has 1 aromatic carbocycles. The molecule has 5 nitrogen and oxygen atoms in total. The standard InChI is InChI=1S/C14H17NO4/c1-9-8-19-10(2)7-15(9)13(16)11-3-5-12(6-4-11)14(17)18/h3-6,9-10H,7-8H2,1-2H3,(H,17,18)/t9-,10+/m1/s1. The number of ether oxygens (including phenoxy) is 1. The fraction of sp³-hybridized carbons (Fsp3) is 0.429. The lowest BCUT2D eigenvalue weighted by Gasteiger charge is -2.36. The Morgan fingerprint density at radius 1 is 1.21 bits per heavy atom. The summed E-state index contributed by atoms with van der Waals surface area (Å²) in [4.78, 5) is 24.9. The molecule has 1 saturated heterocycles. The summed E-state index contributed by atoms with van der Waals surface area (Å²) in [6.45, 7) is 4.95. The number of aromatic carboxylic acids is 1. The summed E-state index contributed by atoms with van der Waals surface area (Å²) in [5, 5.41) is 8.83.